The summed E-state index contributed by atoms with van der Waals surface area (Å²) in [6.45, 7) is -1.50. The SMILES string of the molecule is O=C(OC1COC(CO)(OC(=O)c2ccccc2)C(OC(=O)c2ccccc2)C1OC(=O)c1ccccc1)c1ccccc1. The first-order valence-corrected chi connectivity index (χ1v) is 13.7. The van der Waals surface area contributed by atoms with E-state index in [9.17, 15) is 24.3 Å². The lowest BCUT2D eigenvalue weighted by Gasteiger charge is -2.46. The normalized spacial score (nSPS) is 21.0. The molecule has 10 nitrogen and oxygen atoms in total. The molecule has 10 heteroatoms. The standard InChI is InChI=1S/C34H28O10/c35-22-34(44-33(39)26-19-11-4-12-20-26)29(43-32(38)25-17-9-3-10-18-25)28(42-31(37)24-15-7-2-8-16-24)27(21-40-34)41-30(36)23-13-5-1-6-14-23/h1-20,27-29,35H,21-22H2. The van der Waals surface area contributed by atoms with Crippen molar-refractivity contribution in [1.82, 2.24) is 0 Å². The fraction of sp³-hybridized carbons (Fsp3) is 0.176. The van der Waals surface area contributed by atoms with E-state index in [1.165, 1.54) is 48.5 Å². The van der Waals surface area contributed by atoms with Crippen molar-refractivity contribution < 1.29 is 48.0 Å². The number of hydrogen-bond acceptors (Lipinski definition) is 10. The fourth-order valence-electron chi connectivity index (χ4n) is 4.59. The Bertz CT molecular complexity index is 1580. The quantitative estimate of drug-likeness (QED) is 0.221. The molecule has 1 N–H and O–H groups in total. The van der Waals surface area contributed by atoms with Crippen molar-refractivity contribution in [3.8, 4) is 0 Å². The first kappa shape index (κ1) is 30.1. The molecule has 1 saturated heterocycles. The Hall–Kier alpha value is -5.32. The molecule has 0 aromatic heterocycles. The number of aliphatic hydroxyl groups is 1. The summed E-state index contributed by atoms with van der Waals surface area (Å²) in [6, 6.07) is 31.8. The van der Waals surface area contributed by atoms with Gasteiger partial charge in [0.05, 0.1) is 28.9 Å². The van der Waals surface area contributed by atoms with E-state index in [2.05, 4.69) is 0 Å². The highest BCUT2D eigenvalue weighted by molar-refractivity contribution is 5.92. The van der Waals surface area contributed by atoms with Crippen molar-refractivity contribution in [2.24, 2.45) is 0 Å². The zero-order valence-corrected chi connectivity index (χ0v) is 23.3. The van der Waals surface area contributed by atoms with Crippen LogP contribution in [0.2, 0.25) is 0 Å². The van der Waals surface area contributed by atoms with Gasteiger partial charge in [0.25, 0.3) is 5.79 Å². The number of aliphatic hydroxyl groups excluding tert-OH is 1. The maximum atomic E-state index is 13.4. The predicted octanol–water partition coefficient (Wildman–Crippen LogP) is 4.24. The van der Waals surface area contributed by atoms with E-state index in [0.717, 1.165) is 0 Å². The Morgan fingerprint density at radius 2 is 0.977 bits per heavy atom. The van der Waals surface area contributed by atoms with Gasteiger partial charge in [-0.25, -0.2) is 19.2 Å². The van der Waals surface area contributed by atoms with Crippen LogP contribution < -0.4 is 0 Å². The van der Waals surface area contributed by atoms with Gasteiger partial charge in [0.2, 0.25) is 6.10 Å². The van der Waals surface area contributed by atoms with Gasteiger partial charge >= 0.3 is 23.9 Å². The molecular weight excluding hydrogens is 568 g/mol. The Kier molecular flexibility index (Phi) is 9.43. The van der Waals surface area contributed by atoms with Crippen molar-refractivity contribution >= 4 is 23.9 Å². The molecule has 4 unspecified atom stereocenters. The second-order valence-corrected chi connectivity index (χ2v) is 9.77. The molecule has 4 aromatic carbocycles. The molecule has 4 atom stereocenters. The van der Waals surface area contributed by atoms with E-state index in [1.807, 2.05) is 0 Å². The number of esters is 4. The summed E-state index contributed by atoms with van der Waals surface area (Å²) in [5.41, 5.74) is 0.585. The average Bonchev–Trinajstić information content (AvgIpc) is 3.08. The third-order valence-corrected chi connectivity index (χ3v) is 6.85. The number of carbonyl (C=O) groups is 4. The lowest BCUT2D eigenvalue weighted by molar-refractivity contribution is -0.325. The smallest absolute Gasteiger partial charge is 0.340 e. The molecule has 0 spiro atoms. The monoisotopic (exact) mass is 596 g/mol. The molecular formula is C34H28O10. The summed E-state index contributed by atoms with van der Waals surface area (Å²) in [5.74, 6) is -5.78. The van der Waals surface area contributed by atoms with Crippen LogP contribution in [0.4, 0.5) is 0 Å². The fourth-order valence-corrected chi connectivity index (χ4v) is 4.59. The molecule has 0 amide bonds. The van der Waals surface area contributed by atoms with Crippen LogP contribution in [0.15, 0.2) is 121 Å². The summed E-state index contributed by atoms with van der Waals surface area (Å²) in [7, 11) is 0. The molecule has 224 valence electrons. The maximum Gasteiger partial charge on any atom is 0.340 e. The zero-order valence-electron chi connectivity index (χ0n) is 23.3. The minimum absolute atomic E-state index is 0.116. The van der Waals surface area contributed by atoms with Crippen molar-refractivity contribution in [3.63, 3.8) is 0 Å². The molecule has 0 aliphatic carbocycles. The van der Waals surface area contributed by atoms with Gasteiger partial charge in [-0.05, 0) is 48.5 Å². The minimum atomic E-state index is -2.35. The lowest BCUT2D eigenvalue weighted by atomic mass is 9.95. The predicted molar refractivity (Wildman–Crippen MR) is 155 cm³/mol. The Morgan fingerprint density at radius 1 is 0.591 bits per heavy atom. The van der Waals surface area contributed by atoms with Gasteiger partial charge in [-0.1, -0.05) is 72.8 Å². The number of hydrogen-bond donors (Lipinski definition) is 1. The largest absolute Gasteiger partial charge is 0.452 e. The highest BCUT2D eigenvalue weighted by Gasteiger charge is 2.59. The van der Waals surface area contributed by atoms with Crippen LogP contribution in [0, 0.1) is 0 Å². The van der Waals surface area contributed by atoms with Gasteiger partial charge in [0, 0.05) is 0 Å². The first-order chi connectivity index (χ1) is 21.4. The van der Waals surface area contributed by atoms with Crippen molar-refractivity contribution in [2.75, 3.05) is 13.2 Å². The molecule has 0 radical (unpaired) electrons. The molecule has 5 rings (SSSR count). The number of ether oxygens (including phenoxy) is 5. The molecule has 44 heavy (non-hydrogen) atoms. The number of rotatable bonds is 9. The van der Waals surface area contributed by atoms with Gasteiger partial charge in [0.15, 0.2) is 12.2 Å². The second kappa shape index (κ2) is 13.8. The van der Waals surface area contributed by atoms with E-state index in [4.69, 9.17) is 23.7 Å². The third kappa shape index (κ3) is 6.83. The second-order valence-electron chi connectivity index (χ2n) is 9.77. The molecule has 1 aliphatic rings. The van der Waals surface area contributed by atoms with E-state index in [0.29, 0.717) is 0 Å². The highest BCUT2D eigenvalue weighted by Crippen LogP contribution is 2.35. The van der Waals surface area contributed by atoms with Crippen molar-refractivity contribution in [3.05, 3.63) is 144 Å². The van der Waals surface area contributed by atoms with Gasteiger partial charge in [-0.2, -0.15) is 0 Å². The van der Waals surface area contributed by atoms with Crippen molar-refractivity contribution in [1.29, 1.82) is 0 Å². The van der Waals surface area contributed by atoms with Crippen LogP contribution in [0.5, 0.6) is 0 Å². The molecule has 4 aromatic rings. The molecule has 1 aliphatic heterocycles. The van der Waals surface area contributed by atoms with Gasteiger partial charge in [-0.15, -0.1) is 0 Å². The Morgan fingerprint density at radius 3 is 1.41 bits per heavy atom. The van der Waals surface area contributed by atoms with Gasteiger partial charge < -0.3 is 28.8 Å². The van der Waals surface area contributed by atoms with Crippen LogP contribution in [0.25, 0.3) is 0 Å². The minimum Gasteiger partial charge on any atom is -0.452 e. The van der Waals surface area contributed by atoms with Crippen molar-refractivity contribution in [2.45, 2.75) is 24.1 Å². The Labute approximate surface area is 252 Å². The molecule has 0 bridgehead atoms. The first-order valence-electron chi connectivity index (χ1n) is 13.7. The summed E-state index contributed by atoms with van der Waals surface area (Å²) in [4.78, 5) is 53.0. The summed E-state index contributed by atoms with van der Waals surface area (Å²) in [5, 5.41) is 10.7. The highest BCUT2D eigenvalue weighted by atomic mass is 16.8. The summed E-state index contributed by atoms with van der Waals surface area (Å²) < 4.78 is 29.0. The van der Waals surface area contributed by atoms with E-state index in [-0.39, 0.29) is 22.3 Å². The lowest BCUT2D eigenvalue weighted by Crippen LogP contribution is -2.67. The maximum absolute atomic E-state index is 13.4. The summed E-state index contributed by atoms with van der Waals surface area (Å²) in [6.07, 6.45) is -4.73. The van der Waals surface area contributed by atoms with Crippen LogP contribution in [0.3, 0.4) is 0 Å². The molecule has 1 heterocycles. The van der Waals surface area contributed by atoms with E-state index in [1.54, 1.807) is 72.8 Å². The topological polar surface area (TPSA) is 135 Å². The number of benzene rings is 4. The molecule has 0 saturated carbocycles. The van der Waals surface area contributed by atoms with E-state index < -0.39 is 61.2 Å². The third-order valence-electron chi connectivity index (χ3n) is 6.85. The van der Waals surface area contributed by atoms with Gasteiger partial charge in [-0.3, -0.25) is 0 Å². The Balaban J connectivity index is 1.55. The average molecular weight is 597 g/mol. The number of carbonyl (C=O) groups excluding carboxylic acids is 4. The van der Waals surface area contributed by atoms with E-state index >= 15 is 0 Å². The van der Waals surface area contributed by atoms with Crippen LogP contribution in [-0.4, -0.2) is 66.3 Å². The molecule has 1 fully saturated rings. The van der Waals surface area contributed by atoms with Crippen LogP contribution in [-0.2, 0) is 23.7 Å². The summed E-state index contributed by atoms with van der Waals surface area (Å²) >= 11 is 0. The zero-order chi connectivity index (χ0) is 30.9. The van der Waals surface area contributed by atoms with Crippen LogP contribution >= 0.6 is 0 Å². The van der Waals surface area contributed by atoms with Gasteiger partial charge in [0.1, 0.15) is 6.61 Å². The van der Waals surface area contributed by atoms with Crippen LogP contribution in [0.1, 0.15) is 41.4 Å².